The second kappa shape index (κ2) is 7.34. The zero-order chi connectivity index (χ0) is 19.7. The van der Waals surface area contributed by atoms with Crippen LogP contribution in [0.5, 0.6) is 0 Å². The lowest BCUT2D eigenvalue weighted by Crippen LogP contribution is -2.43. The number of anilines is 1. The maximum absolute atomic E-state index is 13.1. The van der Waals surface area contributed by atoms with Crippen LogP contribution >= 0.6 is 0 Å². The van der Waals surface area contributed by atoms with Crippen molar-refractivity contribution in [3.8, 4) is 0 Å². The van der Waals surface area contributed by atoms with Gasteiger partial charge in [0.15, 0.2) is 5.65 Å². The number of halogens is 3. The molecule has 148 valence electrons. The third-order valence-corrected chi connectivity index (χ3v) is 5.07. The van der Waals surface area contributed by atoms with Crippen LogP contribution in [0.25, 0.3) is 5.65 Å². The fourth-order valence-electron chi connectivity index (χ4n) is 3.57. The van der Waals surface area contributed by atoms with Crippen LogP contribution < -0.4 is 4.90 Å². The van der Waals surface area contributed by atoms with Gasteiger partial charge in [-0.1, -0.05) is 6.07 Å². The molecule has 0 amide bonds. The minimum atomic E-state index is -4.59. The first-order valence-electron chi connectivity index (χ1n) is 9.05. The Morgan fingerprint density at radius 1 is 1.14 bits per heavy atom. The molecule has 3 aromatic heterocycles. The van der Waals surface area contributed by atoms with Gasteiger partial charge in [0, 0.05) is 38.1 Å². The highest BCUT2D eigenvalue weighted by molar-refractivity contribution is 5.46. The summed E-state index contributed by atoms with van der Waals surface area (Å²) in [5, 5.41) is 10.9. The molecule has 1 aliphatic heterocycles. The van der Waals surface area contributed by atoms with Crippen molar-refractivity contribution in [2.24, 2.45) is 0 Å². The molecule has 7 nitrogen and oxygen atoms in total. The average molecular weight is 391 g/mol. The van der Waals surface area contributed by atoms with Gasteiger partial charge < -0.3 is 4.90 Å². The topological polar surface area (TPSA) is 62.5 Å². The second-order valence-electron chi connectivity index (χ2n) is 6.98. The molecule has 3 aromatic rings. The van der Waals surface area contributed by atoms with Gasteiger partial charge in [-0.15, -0.1) is 15.3 Å². The summed E-state index contributed by atoms with van der Waals surface area (Å²) in [4.78, 5) is 8.45. The molecule has 1 aliphatic rings. The molecular weight excluding hydrogens is 371 g/mol. The smallest absolute Gasteiger partial charge is 0.355 e. The van der Waals surface area contributed by atoms with E-state index in [-0.39, 0.29) is 5.65 Å². The monoisotopic (exact) mass is 391 g/mol. The van der Waals surface area contributed by atoms with Crippen LogP contribution in [0, 0.1) is 0 Å². The van der Waals surface area contributed by atoms with Crippen molar-refractivity contribution in [3.63, 3.8) is 0 Å². The number of nitrogens with zero attached hydrogens (tertiary/aromatic N) is 7. The molecule has 4 heterocycles. The SMILES string of the molecule is CN(Cc1cccnc1)C1CCN(c2ccc3nnc(C(F)(F)F)n3n2)CC1. The highest BCUT2D eigenvalue weighted by Gasteiger charge is 2.38. The van der Waals surface area contributed by atoms with Crippen molar-refractivity contribution >= 4 is 11.5 Å². The van der Waals surface area contributed by atoms with Crippen molar-refractivity contribution in [2.75, 3.05) is 25.0 Å². The zero-order valence-electron chi connectivity index (χ0n) is 15.3. The largest absolute Gasteiger partial charge is 0.453 e. The fourth-order valence-corrected chi connectivity index (χ4v) is 3.57. The Balaban J connectivity index is 1.43. The molecule has 0 aliphatic carbocycles. The lowest BCUT2D eigenvalue weighted by atomic mass is 10.0. The first kappa shape index (κ1) is 18.6. The van der Waals surface area contributed by atoms with E-state index in [4.69, 9.17) is 0 Å². The van der Waals surface area contributed by atoms with Crippen LogP contribution in [0.15, 0.2) is 36.7 Å². The molecule has 0 bridgehead atoms. The Labute approximate surface area is 159 Å². The molecule has 0 N–H and O–H groups in total. The highest BCUT2D eigenvalue weighted by Crippen LogP contribution is 2.28. The predicted molar refractivity (Wildman–Crippen MR) is 96.7 cm³/mol. The maximum atomic E-state index is 13.1. The molecule has 0 spiro atoms. The van der Waals surface area contributed by atoms with E-state index in [9.17, 15) is 13.2 Å². The number of alkyl halides is 3. The van der Waals surface area contributed by atoms with E-state index in [0.717, 1.165) is 42.6 Å². The van der Waals surface area contributed by atoms with Gasteiger partial charge in [0.25, 0.3) is 5.82 Å². The van der Waals surface area contributed by atoms with Crippen LogP contribution in [0.3, 0.4) is 0 Å². The summed E-state index contributed by atoms with van der Waals surface area (Å²) in [6, 6.07) is 7.60. The van der Waals surface area contributed by atoms with E-state index < -0.39 is 12.0 Å². The van der Waals surface area contributed by atoms with E-state index in [1.54, 1.807) is 12.3 Å². The van der Waals surface area contributed by atoms with E-state index in [1.165, 1.54) is 6.07 Å². The standard InChI is InChI=1S/C18H20F3N7/c1-26(12-13-3-2-8-22-11-13)14-6-9-27(10-7-14)16-5-4-15-23-24-17(18(19,20)21)28(15)25-16/h2-5,8,11,14H,6-7,9-10,12H2,1H3. The quantitative estimate of drug-likeness (QED) is 0.681. The molecule has 0 saturated carbocycles. The summed E-state index contributed by atoms with van der Waals surface area (Å²) in [6.45, 7) is 2.27. The predicted octanol–water partition coefficient (Wildman–Crippen LogP) is 2.64. The van der Waals surface area contributed by atoms with Gasteiger partial charge in [-0.2, -0.15) is 17.7 Å². The van der Waals surface area contributed by atoms with Gasteiger partial charge in [-0.05, 0) is 43.7 Å². The van der Waals surface area contributed by atoms with Crippen molar-refractivity contribution < 1.29 is 13.2 Å². The molecule has 0 unspecified atom stereocenters. The molecule has 1 fully saturated rings. The fraction of sp³-hybridized carbons (Fsp3) is 0.444. The Hall–Kier alpha value is -2.75. The molecular formula is C18H20F3N7. The van der Waals surface area contributed by atoms with E-state index in [2.05, 4.69) is 38.3 Å². The molecule has 0 aromatic carbocycles. The van der Waals surface area contributed by atoms with E-state index >= 15 is 0 Å². The number of rotatable bonds is 4. The zero-order valence-corrected chi connectivity index (χ0v) is 15.3. The normalized spacial score (nSPS) is 16.2. The Morgan fingerprint density at radius 3 is 2.61 bits per heavy atom. The minimum absolute atomic E-state index is 0.0853. The Bertz CT molecular complexity index is 933. The second-order valence-corrected chi connectivity index (χ2v) is 6.98. The highest BCUT2D eigenvalue weighted by atomic mass is 19.4. The van der Waals surface area contributed by atoms with Crippen LogP contribution in [0.2, 0.25) is 0 Å². The van der Waals surface area contributed by atoms with E-state index in [1.807, 2.05) is 17.2 Å². The maximum Gasteiger partial charge on any atom is 0.453 e. The third kappa shape index (κ3) is 3.77. The van der Waals surface area contributed by atoms with Gasteiger partial charge in [0.1, 0.15) is 5.82 Å². The number of fused-ring (bicyclic) bond motifs is 1. The van der Waals surface area contributed by atoms with Gasteiger partial charge in [0.05, 0.1) is 0 Å². The molecule has 10 heteroatoms. The van der Waals surface area contributed by atoms with Gasteiger partial charge in [-0.25, -0.2) is 0 Å². The summed E-state index contributed by atoms with van der Waals surface area (Å²) < 4.78 is 39.9. The summed E-state index contributed by atoms with van der Waals surface area (Å²) in [5.74, 6) is -0.596. The number of aromatic nitrogens is 5. The number of hydrogen-bond donors (Lipinski definition) is 0. The van der Waals surface area contributed by atoms with Gasteiger partial charge >= 0.3 is 6.18 Å². The van der Waals surface area contributed by atoms with Crippen LogP contribution in [-0.2, 0) is 12.7 Å². The van der Waals surface area contributed by atoms with Crippen LogP contribution in [0.4, 0.5) is 19.0 Å². The lowest BCUT2D eigenvalue weighted by molar-refractivity contribution is -0.146. The minimum Gasteiger partial charge on any atom is -0.355 e. The summed E-state index contributed by atoms with van der Waals surface area (Å²) in [6.07, 6.45) is 0.844. The van der Waals surface area contributed by atoms with Crippen LogP contribution in [-0.4, -0.2) is 55.9 Å². The summed E-state index contributed by atoms with van der Waals surface area (Å²) in [7, 11) is 2.09. The van der Waals surface area contributed by atoms with Crippen molar-refractivity contribution in [3.05, 3.63) is 48.0 Å². The lowest BCUT2D eigenvalue weighted by Gasteiger charge is -2.37. The first-order chi connectivity index (χ1) is 13.4. The first-order valence-corrected chi connectivity index (χ1v) is 9.05. The molecule has 28 heavy (non-hydrogen) atoms. The molecule has 1 saturated heterocycles. The van der Waals surface area contributed by atoms with Crippen molar-refractivity contribution in [2.45, 2.75) is 31.6 Å². The molecule has 4 rings (SSSR count). The number of pyridine rings is 1. The molecule has 0 atom stereocenters. The van der Waals surface area contributed by atoms with Gasteiger partial charge in [0.2, 0.25) is 0 Å². The van der Waals surface area contributed by atoms with Crippen LogP contribution in [0.1, 0.15) is 24.2 Å². The van der Waals surface area contributed by atoms with Crippen molar-refractivity contribution in [1.29, 1.82) is 0 Å². The summed E-state index contributed by atoms with van der Waals surface area (Å²) in [5.41, 5.74) is 1.24. The summed E-state index contributed by atoms with van der Waals surface area (Å²) >= 11 is 0. The number of hydrogen-bond acceptors (Lipinski definition) is 6. The van der Waals surface area contributed by atoms with Gasteiger partial charge in [-0.3, -0.25) is 9.88 Å². The molecule has 0 radical (unpaired) electrons. The average Bonchev–Trinajstić information content (AvgIpc) is 3.12. The third-order valence-electron chi connectivity index (χ3n) is 5.07. The Morgan fingerprint density at radius 2 is 1.93 bits per heavy atom. The van der Waals surface area contributed by atoms with E-state index in [0.29, 0.717) is 11.9 Å². The Kier molecular flexibility index (Phi) is 4.88. The van der Waals surface area contributed by atoms with Crippen molar-refractivity contribution in [1.82, 2.24) is 29.7 Å². The number of piperidine rings is 1.